The highest BCUT2D eigenvalue weighted by molar-refractivity contribution is 6.30. The first-order valence-corrected chi connectivity index (χ1v) is 8.72. The molecular weight excluding hydrogens is 395 g/mol. The van der Waals surface area contributed by atoms with Gasteiger partial charge in [0.1, 0.15) is 12.4 Å². The number of nitrogens with zero attached hydrogens (tertiary/aromatic N) is 5. The maximum absolute atomic E-state index is 12.7. The fraction of sp³-hybridized carbons (Fsp3) is 0.278. The second-order valence-corrected chi connectivity index (χ2v) is 6.53. The van der Waals surface area contributed by atoms with Gasteiger partial charge in [0.2, 0.25) is 0 Å². The van der Waals surface area contributed by atoms with Crippen molar-refractivity contribution in [3.05, 3.63) is 64.9 Å². The van der Waals surface area contributed by atoms with E-state index < -0.39 is 11.7 Å². The average molecular weight is 412 g/mol. The predicted molar refractivity (Wildman–Crippen MR) is 97.4 cm³/mol. The van der Waals surface area contributed by atoms with Crippen molar-refractivity contribution in [2.75, 3.05) is 20.2 Å². The zero-order chi connectivity index (χ0) is 20.1. The van der Waals surface area contributed by atoms with Crippen molar-refractivity contribution in [2.45, 2.75) is 12.7 Å². The van der Waals surface area contributed by atoms with Crippen molar-refractivity contribution in [1.29, 1.82) is 0 Å². The van der Waals surface area contributed by atoms with E-state index in [1.54, 1.807) is 24.3 Å². The third-order valence-electron chi connectivity index (χ3n) is 3.94. The third-order valence-corrected chi connectivity index (χ3v) is 4.19. The smallest absolute Gasteiger partial charge is 0.416 e. The van der Waals surface area contributed by atoms with Crippen LogP contribution in [0.5, 0.6) is 5.75 Å². The van der Waals surface area contributed by atoms with Gasteiger partial charge in [0.15, 0.2) is 5.82 Å². The molecule has 1 aromatic heterocycles. The summed E-state index contributed by atoms with van der Waals surface area (Å²) < 4.78 is 45.2. The van der Waals surface area contributed by atoms with Gasteiger partial charge in [0, 0.05) is 11.6 Å². The first-order chi connectivity index (χ1) is 13.3. The normalized spacial score (nSPS) is 11.8. The van der Waals surface area contributed by atoms with E-state index in [2.05, 4.69) is 15.5 Å². The lowest BCUT2D eigenvalue weighted by Crippen LogP contribution is -2.25. The SMILES string of the molecule is CN(CCOc1ccc(Cl)cc1)Cc1nnnn1-c1ccc(C(F)(F)F)cc1. The molecule has 3 aromatic rings. The van der Waals surface area contributed by atoms with Gasteiger partial charge >= 0.3 is 6.18 Å². The minimum atomic E-state index is -4.38. The Kier molecular flexibility index (Phi) is 6.15. The van der Waals surface area contributed by atoms with Crippen LogP contribution in [0.1, 0.15) is 11.4 Å². The quantitative estimate of drug-likeness (QED) is 0.591. The summed E-state index contributed by atoms with van der Waals surface area (Å²) in [4.78, 5) is 1.95. The summed E-state index contributed by atoms with van der Waals surface area (Å²) >= 11 is 5.83. The molecule has 28 heavy (non-hydrogen) atoms. The Labute approximate surface area is 164 Å². The lowest BCUT2D eigenvalue weighted by molar-refractivity contribution is -0.137. The Morgan fingerprint density at radius 1 is 1.07 bits per heavy atom. The monoisotopic (exact) mass is 411 g/mol. The van der Waals surface area contributed by atoms with Crippen LogP contribution in [0.15, 0.2) is 48.5 Å². The molecule has 148 valence electrons. The van der Waals surface area contributed by atoms with E-state index in [9.17, 15) is 13.2 Å². The molecular formula is C18H17ClF3N5O. The van der Waals surface area contributed by atoms with Crippen LogP contribution in [0.25, 0.3) is 5.69 Å². The molecule has 1 heterocycles. The van der Waals surface area contributed by atoms with Gasteiger partial charge in [-0.15, -0.1) is 5.10 Å². The molecule has 0 unspecified atom stereocenters. The minimum absolute atomic E-state index is 0.401. The van der Waals surface area contributed by atoms with Crippen molar-refractivity contribution in [1.82, 2.24) is 25.1 Å². The fourth-order valence-electron chi connectivity index (χ4n) is 2.47. The summed E-state index contributed by atoms with van der Waals surface area (Å²) in [5.74, 6) is 1.22. The highest BCUT2D eigenvalue weighted by Crippen LogP contribution is 2.29. The van der Waals surface area contributed by atoms with Crippen LogP contribution < -0.4 is 4.74 Å². The van der Waals surface area contributed by atoms with Crippen molar-refractivity contribution < 1.29 is 17.9 Å². The first-order valence-electron chi connectivity index (χ1n) is 8.35. The predicted octanol–water partition coefficient (Wildman–Crippen LogP) is 3.85. The molecule has 0 aliphatic heterocycles. The van der Waals surface area contributed by atoms with Crippen molar-refractivity contribution in [3.63, 3.8) is 0 Å². The Hall–Kier alpha value is -2.65. The minimum Gasteiger partial charge on any atom is -0.492 e. The summed E-state index contributed by atoms with van der Waals surface area (Å²) in [6.07, 6.45) is -4.38. The molecule has 10 heteroatoms. The maximum Gasteiger partial charge on any atom is 0.416 e. The molecule has 0 bridgehead atoms. The first kappa shape index (κ1) is 20.1. The van der Waals surface area contributed by atoms with Gasteiger partial charge in [-0.1, -0.05) is 11.6 Å². The van der Waals surface area contributed by atoms with E-state index in [0.717, 1.165) is 12.1 Å². The molecule has 0 amide bonds. The zero-order valence-corrected chi connectivity index (χ0v) is 15.7. The molecule has 3 rings (SSSR count). The van der Waals surface area contributed by atoms with Crippen LogP contribution in [0.2, 0.25) is 5.02 Å². The molecule has 0 aliphatic carbocycles. The van der Waals surface area contributed by atoms with Gasteiger partial charge in [0.25, 0.3) is 0 Å². The Morgan fingerprint density at radius 2 is 1.75 bits per heavy atom. The molecule has 6 nitrogen and oxygen atoms in total. The van der Waals surface area contributed by atoms with E-state index in [1.807, 2.05) is 11.9 Å². The lowest BCUT2D eigenvalue weighted by atomic mass is 10.2. The summed E-state index contributed by atoms with van der Waals surface area (Å²) in [6.45, 7) is 1.44. The molecule has 2 aromatic carbocycles. The molecule has 0 radical (unpaired) electrons. The highest BCUT2D eigenvalue weighted by Gasteiger charge is 2.30. The van der Waals surface area contributed by atoms with E-state index in [0.29, 0.717) is 42.0 Å². The largest absolute Gasteiger partial charge is 0.492 e. The van der Waals surface area contributed by atoms with Crippen LogP contribution >= 0.6 is 11.6 Å². The number of aromatic nitrogens is 4. The molecule has 0 atom stereocenters. The van der Waals surface area contributed by atoms with Gasteiger partial charge in [-0.25, -0.2) is 0 Å². The zero-order valence-electron chi connectivity index (χ0n) is 14.9. The van der Waals surface area contributed by atoms with Gasteiger partial charge < -0.3 is 4.74 Å². The Balaban J connectivity index is 1.58. The van der Waals surface area contributed by atoms with E-state index >= 15 is 0 Å². The van der Waals surface area contributed by atoms with E-state index in [1.165, 1.54) is 16.8 Å². The van der Waals surface area contributed by atoms with Gasteiger partial charge in [0.05, 0.1) is 17.8 Å². The standard InChI is InChI=1S/C18H17ClF3N5O/c1-26(10-11-28-16-8-4-14(19)5-9-16)12-17-23-24-25-27(17)15-6-2-13(3-7-15)18(20,21)22/h2-9H,10-12H2,1H3. The second kappa shape index (κ2) is 8.57. The Bertz CT molecular complexity index is 897. The van der Waals surface area contributed by atoms with Crippen molar-refractivity contribution in [3.8, 4) is 11.4 Å². The molecule has 0 aliphatic rings. The number of alkyl halides is 3. The number of hydrogen-bond donors (Lipinski definition) is 0. The number of likely N-dealkylation sites (N-methyl/N-ethyl adjacent to an activating group) is 1. The number of rotatable bonds is 7. The van der Waals surface area contributed by atoms with E-state index in [4.69, 9.17) is 16.3 Å². The van der Waals surface area contributed by atoms with Gasteiger partial charge in [-0.05, 0) is 66.0 Å². The summed E-state index contributed by atoms with van der Waals surface area (Å²) in [5, 5.41) is 12.1. The molecule has 0 saturated heterocycles. The van der Waals surface area contributed by atoms with Gasteiger partial charge in [-0.2, -0.15) is 17.9 Å². The summed E-state index contributed by atoms with van der Waals surface area (Å²) in [7, 11) is 1.87. The fourth-order valence-corrected chi connectivity index (χ4v) is 2.59. The molecule has 0 N–H and O–H groups in total. The second-order valence-electron chi connectivity index (χ2n) is 6.09. The Morgan fingerprint density at radius 3 is 2.39 bits per heavy atom. The number of halogens is 4. The number of benzene rings is 2. The van der Waals surface area contributed by atoms with Gasteiger partial charge in [-0.3, -0.25) is 4.90 Å². The average Bonchev–Trinajstić information content (AvgIpc) is 3.11. The van der Waals surface area contributed by atoms with E-state index in [-0.39, 0.29) is 0 Å². The molecule has 0 fully saturated rings. The molecule has 0 saturated carbocycles. The highest BCUT2D eigenvalue weighted by atomic mass is 35.5. The van der Waals surface area contributed by atoms with Crippen LogP contribution in [-0.4, -0.2) is 45.3 Å². The number of hydrogen-bond acceptors (Lipinski definition) is 5. The lowest BCUT2D eigenvalue weighted by Gasteiger charge is -2.16. The van der Waals surface area contributed by atoms with Crippen LogP contribution in [0.4, 0.5) is 13.2 Å². The van der Waals surface area contributed by atoms with Crippen molar-refractivity contribution in [2.24, 2.45) is 0 Å². The summed E-state index contributed by atoms with van der Waals surface area (Å²) in [6, 6.07) is 11.8. The maximum atomic E-state index is 12.7. The molecule has 0 spiro atoms. The number of tetrazole rings is 1. The third kappa shape index (κ3) is 5.20. The number of ether oxygens (including phenoxy) is 1. The van der Waals surface area contributed by atoms with Crippen LogP contribution in [-0.2, 0) is 12.7 Å². The topological polar surface area (TPSA) is 56.1 Å². The van der Waals surface area contributed by atoms with Crippen LogP contribution in [0.3, 0.4) is 0 Å². The summed E-state index contributed by atoms with van der Waals surface area (Å²) in [5.41, 5.74) is -0.263. The van der Waals surface area contributed by atoms with Crippen LogP contribution in [0, 0.1) is 0 Å². The van der Waals surface area contributed by atoms with Crippen molar-refractivity contribution >= 4 is 11.6 Å².